The molecule has 0 unspecified atom stereocenters. The number of hydrogen-bond acceptors (Lipinski definition) is 7. The first kappa shape index (κ1) is 29.6. The number of halogens is 1. The van der Waals surface area contributed by atoms with E-state index in [4.69, 9.17) is 9.47 Å². The van der Waals surface area contributed by atoms with Crippen molar-refractivity contribution in [2.24, 2.45) is 0 Å². The van der Waals surface area contributed by atoms with Crippen LogP contribution in [0.25, 0.3) is 11.3 Å². The zero-order valence-corrected chi connectivity index (χ0v) is 25.0. The van der Waals surface area contributed by atoms with Crippen LogP contribution >= 0.6 is 11.8 Å². The monoisotopic (exact) mass is 568 g/mol. The van der Waals surface area contributed by atoms with Gasteiger partial charge in [-0.15, -0.1) is 0 Å². The smallest absolute Gasteiger partial charge is 0.286 e. The molecule has 4 rings (SSSR count). The Morgan fingerprint density at radius 3 is 2.45 bits per heavy atom. The topological polar surface area (TPSA) is 86.5 Å². The van der Waals surface area contributed by atoms with Gasteiger partial charge in [0.1, 0.15) is 0 Å². The minimum absolute atomic E-state index is 0.117. The standard InChI is InChI=1S/C30H37FN4O4S/c1-19-13-23(33-28(32-19)40-12-8-9-26(36)35(29(2,3)4)30(5,6)7)21-15-22(31)27(37)34(17-21)16-20-10-11-24-25(14-20)39-18-38-24/h10-11,13-15,17H,8-9,12,16,18H2,1-7H3. The lowest BCUT2D eigenvalue weighted by molar-refractivity contribution is -0.142. The molecule has 0 atom stereocenters. The molecule has 1 aliphatic rings. The summed E-state index contributed by atoms with van der Waals surface area (Å²) in [5, 5.41) is 0.542. The minimum atomic E-state index is -0.857. The number of rotatable bonds is 8. The summed E-state index contributed by atoms with van der Waals surface area (Å²) in [6, 6.07) is 8.36. The Morgan fingerprint density at radius 2 is 1.75 bits per heavy atom. The number of hydrogen-bond donors (Lipinski definition) is 0. The number of amides is 1. The van der Waals surface area contributed by atoms with Crippen molar-refractivity contribution in [3.8, 4) is 22.8 Å². The van der Waals surface area contributed by atoms with Crippen molar-refractivity contribution in [1.82, 2.24) is 19.4 Å². The van der Waals surface area contributed by atoms with Gasteiger partial charge in [-0.1, -0.05) is 17.8 Å². The van der Waals surface area contributed by atoms with E-state index in [0.717, 1.165) is 11.3 Å². The molecule has 8 nitrogen and oxygen atoms in total. The molecule has 0 N–H and O–H groups in total. The fourth-order valence-electron chi connectivity index (χ4n) is 5.10. The normalized spacial score (nSPS) is 13.0. The zero-order valence-electron chi connectivity index (χ0n) is 24.2. The Balaban J connectivity index is 1.47. The Hall–Kier alpha value is -3.40. The maximum absolute atomic E-state index is 14.7. The summed E-state index contributed by atoms with van der Waals surface area (Å²) in [7, 11) is 0. The fraction of sp³-hybridized carbons (Fsp3) is 0.467. The van der Waals surface area contributed by atoms with Crippen LogP contribution in [0.3, 0.4) is 0 Å². The summed E-state index contributed by atoms with van der Waals surface area (Å²) in [4.78, 5) is 36.7. The van der Waals surface area contributed by atoms with Crippen LogP contribution in [0.15, 0.2) is 46.5 Å². The lowest BCUT2D eigenvalue weighted by atomic mass is 9.95. The van der Waals surface area contributed by atoms with Crippen molar-refractivity contribution in [2.45, 2.75) is 84.1 Å². The molecule has 0 fully saturated rings. The molecule has 2 aromatic heterocycles. The van der Waals surface area contributed by atoms with Gasteiger partial charge in [0.2, 0.25) is 12.7 Å². The summed E-state index contributed by atoms with van der Waals surface area (Å²) < 4.78 is 26.8. The van der Waals surface area contributed by atoms with Crippen LogP contribution in [-0.4, -0.2) is 49.0 Å². The highest BCUT2D eigenvalue weighted by molar-refractivity contribution is 7.99. The molecule has 0 bridgehead atoms. The van der Waals surface area contributed by atoms with Gasteiger partial charge in [-0.2, -0.15) is 0 Å². The summed E-state index contributed by atoms with van der Waals surface area (Å²) in [6.45, 7) is 14.5. The molecule has 1 aromatic carbocycles. The van der Waals surface area contributed by atoms with Crippen LogP contribution in [0.2, 0.25) is 0 Å². The number of carbonyl (C=O) groups is 1. The third-order valence-corrected chi connectivity index (χ3v) is 7.25. The van der Waals surface area contributed by atoms with E-state index in [1.54, 1.807) is 24.4 Å². The van der Waals surface area contributed by atoms with E-state index in [-0.39, 0.29) is 30.3 Å². The summed E-state index contributed by atoms with van der Waals surface area (Å²) in [5.74, 6) is 1.16. The van der Waals surface area contributed by atoms with Gasteiger partial charge < -0.3 is 18.9 Å². The van der Waals surface area contributed by atoms with Gasteiger partial charge in [0, 0.05) is 40.7 Å². The molecule has 3 heterocycles. The van der Waals surface area contributed by atoms with Gasteiger partial charge >= 0.3 is 0 Å². The van der Waals surface area contributed by atoms with E-state index in [0.29, 0.717) is 46.5 Å². The SMILES string of the molecule is Cc1cc(-c2cc(F)c(=O)n(Cc3ccc4c(c3)OCO4)c2)nc(SCCCC(=O)N(C(C)(C)C)C(C)(C)C)n1. The molecule has 3 aromatic rings. The first-order chi connectivity index (χ1) is 18.7. The Labute approximate surface area is 238 Å². The average molecular weight is 569 g/mol. The third-order valence-electron chi connectivity index (χ3n) is 6.32. The second-order valence-corrected chi connectivity index (χ2v) is 13.0. The van der Waals surface area contributed by atoms with Crippen LogP contribution < -0.4 is 15.0 Å². The highest BCUT2D eigenvalue weighted by atomic mass is 32.2. The molecular weight excluding hydrogens is 531 g/mol. The molecule has 0 saturated carbocycles. The van der Waals surface area contributed by atoms with Crippen molar-refractivity contribution in [2.75, 3.05) is 12.5 Å². The van der Waals surface area contributed by atoms with Crippen LogP contribution in [0.1, 0.15) is 65.6 Å². The van der Waals surface area contributed by atoms with Crippen molar-refractivity contribution in [3.05, 3.63) is 64.0 Å². The van der Waals surface area contributed by atoms with E-state index in [2.05, 4.69) is 9.97 Å². The fourth-order valence-corrected chi connectivity index (χ4v) is 5.94. The molecule has 1 amide bonds. The van der Waals surface area contributed by atoms with E-state index < -0.39 is 11.4 Å². The highest BCUT2D eigenvalue weighted by Gasteiger charge is 2.34. The number of pyridine rings is 1. The number of aryl methyl sites for hydroxylation is 1. The van der Waals surface area contributed by atoms with E-state index in [1.807, 2.05) is 59.4 Å². The van der Waals surface area contributed by atoms with Gasteiger partial charge in [-0.25, -0.2) is 14.4 Å². The predicted octanol–water partition coefficient (Wildman–Crippen LogP) is 5.83. The lowest BCUT2D eigenvalue weighted by Crippen LogP contribution is -2.55. The third kappa shape index (κ3) is 7.02. The van der Waals surface area contributed by atoms with Crippen LogP contribution in [-0.2, 0) is 11.3 Å². The Bertz CT molecular complexity index is 1450. The number of fused-ring (bicyclic) bond motifs is 1. The van der Waals surface area contributed by atoms with Crippen molar-refractivity contribution in [1.29, 1.82) is 0 Å². The van der Waals surface area contributed by atoms with Crippen LogP contribution in [0, 0.1) is 12.7 Å². The summed E-state index contributed by atoms with van der Waals surface area (Å²) >= 11 is 1.46. The zero-order chi connectivity index (χ0) is 29.2. The van der Waals surface area contributed by atoms with Crippen LogP contribution in [0.4, 0.5) is 4.39 Å². The number of ether oxygens (including phenoxy) is 2. The summed E-state index contributed by atoms with van der Waals surface area (Å²) in [6.07, 6.45) is 2.71. The first-order valence-electron chi connectivity index (χ1n) is 13.3. The van der Waals surface area contributed by atoms with Gasteiger partial charge in [-0.3, -0.25) is 9.59 Å². The lowest BCUT2D eigenvalue weighted by Gasteiger charge is -2.45. The Morgan fingerprint density at radius 1 is 1.05 bits per heavy atom. The van der Waals surface area contributed by atoms with E-state index in [9.17, 15) is 14.0 Å². The molecule has 0 saturated heterocycles. The number of carbonyl (C=O) groups excluding carboxylic acids is 1. The maximum Gasteiger partial charge on any atom is 0.286 e. The molecule has 0 radical (unpaired) electrons. The largest absolute Gasteiger partial charge is 0.454 e. The number of aromatic nitrogens is 3. The maximum atomic E-state index is 14.7. The molecule has 0 spiro atoms. The molecule has 0 aliphatic carbocycles. The molecule has 40 heavy (non-hydrogen) atoms. The highest BCUT2D eigenvalue weighted by Crippen LogP contribution is 2.33. The average Bonchev–Trinajstić information content (AvgIpc) is 3.30. The molecule has 1 aliphatic heterocycles. The van der Waals surface area contributed by atoms with Gasteiger partial charge in [-0.05, 0) is 84.7 Å². The van der Waals surface area contributed by atoms with E-state index >= 15 is 0 Å². The van der Waals surface area contributed by atoms with Crippen molar-refractivity contribution >= 4 is 17.7 Å². The van der Waals surface area contributed by atoms with Gasteiger partial charge in [0.15, 0.2) is 22.5 Å². The molecular formula is C30H37FN4O4S. The second kappa shape index (κ2) is 11.6. The minimum Gasteiger partial charge on any atom is -0.454 e. The van der Waals surface area contributed by atoms with Crippen molar-refractivity contribution in [3.63, 3.8) is 0 Å². The summed E-state index contributed by atoms with van der Waals surface area (Å²) in [5.41, 5.74) is 1.25. The predicted molar refractivity (Wildman–Crippen MR) is 154 cm³/mol. The molecule has 214 valence electrons. The van der Waals surface area contributed by atoms with Gasteiger partial charge in [0.05, 0.1) is 12.2 Å². The molecule has 10 heteroatoms. The van der Waals surface area contributed by atoms with Crippen molar-refractivity contribution < 1.29 is 18.7 Å². The van der Waals surface area contributed by atoms with Crippen LogP contribution in [0.5, 0.6) is 11.5 Å². The Kier molecular flexibility index (Phi) is 8.58. The number of benzene rings is 1. The quantitative estimate of drug-likeness (QED) is 0.192. The second-order valence-electron chi connectivity index (χ2n) is 11.9. The number of nitrogens with zero attached hydrogens (tertiary/aromatic N) is 4. The van der Waals surface area contributed by atoms with E-state index in [1.165, 1.54) is 22.4 Å². The van der Waals surface area contributed by atoms with Gasteiger partial charge in [0.25, 0.3) is 5.56 Å². The number of thioether (sulfide) groups is 1. The first-order valence-corrected chi connectivity index (χ1v) is 14.3.